The Morgan fingerprint density at radius 1 is 1.26 bits per heavy atom. The highest BCUT2D eigenvalue weighted by Gasteiger charge is 2.04. The number of ether oxygens (including phenoxy) is 1. The standard InChI is InChI=1S/C14H17N3O2/c1-17-13(7-8-16-17)10-15-9-11-3-5-12(6-4-11)14(18)19-2/h3-8,15H,9-10H2,1-2H3. The maximum Gasteiger partial charge on any atom is 0.337 e. The molecule has 0 spiro atoms. The first-order valence-electron chi connectivity index (χ1n) is 6.05. The van der Waals surface area contributed by atoms with Crippen LogP contribution in [0.25, 0.3) is 0 Å². The van der Waals surface area contributed by atoms with Crippen molar-refractivity contribution in [2.75, 3.05) is 7.11 Å². The molecule has 0 fully saturated rings. The van der Waals surface area contributed by atoms with Crippen molar-refractivity contribution in [1.82, 2.24) is 15.1 Å². The Labute approximate surface area is 112 Å². The van der Waals surface area contributed by atoms with Crippen molar-refractivity contribution in [2.45, 2.75) is 13.1 Å². The first-order chi connectivity index (χ1) is 9.20. The molecule has 1 N–H and O–H groups in total. The molecule has 0 bridgehead atoms. The van der Waals surface area contributed by atoms with Crippen molar-refractivity contribution in [3.63, 3.8) is 0 Å². The molecule has 0 radical (unpaired) electrons. The molecule has 19 heavy (non-hydrogen) atoms. The van der Waals surface area contributed by atoms with E-state index >= 15 is 0 Å². The molecule has 0 atom stereocenters. The fraction of sp³-hybridized carbons (Fsp3) is 0.286. The lowest BCUT2D eigenvalue weighted by Gasteiger charge is -2.06. The number of carbonyl (C=O) groups is 1. The quantitative estimate of drug-likeness (QED) is 0.827. The monoisotopic (exact) mass is 259 g/mol. The van der Waals surface area contributed by atoms with Gasteiger partial charge >= 0.3 is 5.97 Å². The molecule has 5 nitrogen and oxygen atoms in total. The van der Waals surface area contributed by atoms with Crippen LogP contribution in [0, 0.1) is 0 Å². The van der Waals surface area contributed by atoms with Gasteiger partial charge in [0.25, 0.3) is 0 Å². The van der Waals surface area contributed by atoms with Gasteiger partial charge in [-0.2, -0.15) is 5.10 Å². The summed E-state index contributed by atoms with van der Waals surface area (Å²) in [7, 11) is 3.30. The van der Waals surface area contributed by atoms with Gasteiger partial charge in [-0.25, -0.2) is 4.79 Å². The number of hydrogen-bond donors (Lipinski definition) is 1. The van der Waals surface area contributed by atoms with E-state index in [-0.39, 0.29) is 5.97 Å². The molecule has 1 aromatic heterocycles. The van der Waals surface area contributed by atoms with Crippen LogP contribution in [0.2, 0.25) is 0 Å². The van der Waals surface area contributed by atoms with E-state index in [4.69, 9.17) is 0 Å². The predicted octanol–water partition coefficient (Wildman–Crippen LogP) is 1.50. The van der Waals surface area contributed by atoms with Crippen LogP contribution >= 0.6 is 0 Å². The lowest BCUT2D eigenvalue weighted by Crippen LogP contribution is -2.15. The molecule has 0 saturated carbocycles. The zero-order valence-corrected chi connectivity index (χ0v) is 11.1. The summed E-state index contributed by atoms with van der Waals surface area (Å²) in [6, 6.07) is 9.36. The number of nitrogens with zero attached hydrogens (tertiary/aromatic N) is 2. The summed E-state index contributed by atoms with van der Waals surface area (Å²) < 4.78 is 6.50. The van der Waals surface area contributed by atoms with Crippen LogP contribution in [0.4, 0.5) is 0 Å². The van der Waals surface area contributed by atoms with Crippen molar-refractivity contribution in [3.05, 3.63) is 53.3 Å². The molecule has 0 amide bonds. The number of aryl methyl sites for hydroxylation is 1. The van der Waals surface area contributed by atoms with E-state index in [2.05, 4.69) is 15.2 Å². The fourth-order valence-electron chi connectivity index (χ4n) is 1.79. The number of aromatic nitrogens is 2. The normalized spacial score (nSPS) is 10.4. The average molecular weight is 259 g/mol. The van der Waals surface area contributed by atoms with Crippen LogP contribution in [0.1, 0.15) is 21.6 Å². The minimum absolute atomic E-state index is 0.311. The van der Waals surface area contributed by atoms with Gasteiger partial charge in [-0.3, -0.25) is 4.68 Å². The third-order valence-corrected chi connectivity index (χ3v) is 2.93. The second kappa shape index (κ2) is 6.15. The molecular formula is C14H17N3O2. The summed E-state index contributed by atoms with van der Waals surface area (Å²) in [5.74, 6) is -0.311. The number of benzene rings is 1. The largest absolute Gasteiger partial charge is 0.465 e. The number of hydrogen-bond acceptors (Lipinski definition) is 4. The molecule has 2 rings (SSSR count). The number of nitrogens with one attached hydrogen (secondary N) is 1. The molecule has 2 aromatic rings. The highest BCUT2D eigenvalue weighted by molar-refractivity contribution is 5.89. The van der Waals surface area contributed by atoms with E-state index in [1.54, 1.807) is 18.3 Å². The van der Waals surface area contributed by atoms with Crippen molar-refractivity contribution in [1.29, 1.82) is 0 Å². The first-order valence-corrected chi connectivity index (χ1v) is 6.05. The van der Waals surface area contributed by atoms with Gasteiger partial charge in [-0.05, 0) is 23.8 Å². The fourth-order valence-corrected chi connectivity index (χ4v) is 1.79. The Morgan fingerprint density at radius 2 is 2.00 bits per heavy atom. The predicted molar refractivity (Wildman–Crippen MR) is 71.5 cm³/mol. The van der Waals surface area contributed by atoms with Crippen molar-refractivity contribution in [3.8, 4) is 0 Å². The molecule has 0 unspecified atom stereocenters. The maximum atomic E-state index is 11.3. The Hall–Kier alpha value is -2.14. The van der Waals surface area contributed by atoms with Crippen molar-refractivity contribution < 1.29 is 9.53 Å². The van der Waals surface area contributed by atoms with Gasteiger partial charge < -0.3 is 10.1 Å². The highest BCUT2D eigenvalue weighted by atomic mass is 16.5. The molecule has 100 valence electrons. The third kappa shape index (κ3) is 3.42. The Kier molecular flexibility index (Phi) is 4.30. The van der Waals surface area contributed by atoms with E-state index in [0.717, 1.165) is 24.3 Å². The van der Waals surface area contributed by atoms with Gasteiger partial charge in [0.1, 0.15) is 0 Å². The van der Waals surface area contributed by atoms with Gasteiger partial charge in [-0.1, -0.05) is 12.1 Å². The molecule has 5 heteroatoms. The SMILES string of the molecule is COC(=O)c1ccc(CNCc2ccnn2C)cc1. The van der Waals surface area contributed by atoms with Gasteiger partial charge in [0, 0.05) is 26.3 Å². The van der Waals surface area contributed by atoms with Gasteiger partial charge in [0.15, 0.2) is 0 Å². The Bertz CT molecular complexity index is 546. The lowest BCUT2D eigenvalue weighted by atomic mass is 10.1. The minimum Gasteiger partial charge on any atom is -0.465 e. The zero-order valence-electron chi connectivity index (χ0n) is 11.1. The smallest absolute Gasteiger partial charge is 0.337 e. The van der Waals surface area contributed by atoms with Crippen molar-refractivity contribution in [2.24, 2.45) is 7.05 Å². The van der Waals surface area contributed by atoms with Crippen LogP contribution in [0.5, 0.6) is 0 Å². The maximum absolute atomic E-state index is 11.3. The third-order valence-electron chi connectivity index (χ3n) is 2.93. The summed E-state index contributed by atoms with van der Waals surface area (Å²) in [6.45, 7) is 1.50. The molecule has 0 aliphatic heterocycles. The van der Waals surface area contributed by atoms with Crippen LogP contribution in [-0.4, -0.2) is 22.9 Å². The van der Waals surface area contributed by atoms with E-state index in [9.17, 15) is 4.79 Å². The van der Waals surface area contributed by atoms with Gasteiger partial charge in [0.05, 0.1) is 18.4 Å². The van der Waals surface area contributed by atoms with E-state index in [0.29, 0.717) is 5.56 Å². The van der Waals surface area contributed by atoms with Crippen LogP contribution in [-0.2, 0) is 24.9 Å². The lowest BCUT2D eigenvalue weighted by molar-refractivity contribution is 0.0600. The summed E-state index contributed by atoms with van der Waals surface area (Å²) in [5, 5.41) is 7.44. The molecule has 1 heterocycles. The molecule has 0 saturated heterocycles. The average Bonchev–Trinajstić information content (AvgIpc) is 2.84. The zero-order chi connectivity index (χ0) is 13.7. The molecule has 0 aliphatic carbocycles. The van der Waals surface area contributed by atoms with Crippen molar-refractivity contribution >= 4 is 5.97 Å². The number of rotatable bonds is 5. The summed E-state index contributed by atoms with van der Waals surface area (Å²) in [5.41, 5.74) is 2.82. The van der Waals surface area contributed by atoms with E-state index in [1.165, 1.54) is 7.11 Å². The summed E-state index contributed by atoms with van der Waals surface area (Å²) >= 11 is 0. The van der Waals surface area contributed by atoms with E-state index < -0.39 is 0 Å². The van der Waals surface area contributed by atoms with Gasteiger partial charge in [0.2, 0.25) is 0 Å². The Balaban J connectivity index is 1.86. The second-order valence-electron chi connectivity index (χ2n) is 4.24. The number of esters is 1. The number of carbonyl (C=O) groups excluding carboxylic acids is 1. The van der Waals surface area contributed by atoms with Gasteiger partial charge in [-0.15, -0.1) is 0 Å². The topological polar surface area (TPSA) is 56.1 Å². The summed E-state index contributed by atoms with van der Waals surface area (Å²) in [6.07, 6.45) is 1.78. The van der Waals surface area contributed by atoms with Crippen LogP contribution < -0.4 is 5.32 Å². The Morgan fingerprint density at radius 3 is 2.58 bits per heavy atom. The highest BCUT2D eigenvalue weighted by Crippen LogP contribution is 2.06. The number of methoxy groups -OCH3 is 1. The minimum atomic E-state index is -0.311. The molecule has 1 aromatic carbocycles. The second-order valence-corrected chi connectivity index (χ2v) is 4.24. The van der Waals surface area contributed by atoms with Crippen LogP contribution in [0.15, 0.2) is 36.5 Å². The van der Waals surface area contributed by atoms with Crippen LogP contribution in [0.3, 0.4) is 0 Å². The molecular weight excluding hydrogens is 242 g/mol. The molecule has 0 aliphatic rings. The first kappa shape index (κ1) is 13.3. The van der Waals surface area contributed by atoms with E-state index in [1.807, 2.05) is 29.9 Å². The summed E-state index contributed by atoms with van der Waals surface area (Å²) in [4.78, 5) is 11.3.